The highest BCUT2D eigenvalue weighted by molar-refractivity contribution is 9.10. The quantitative estimate of drug-likeness (QED) is 0.788. The summed E-state index contributed by atoms with van der Waals surface area (Å²) in [7, 11) is 0. The molecular weight excluding hydrogens is 382 g/mol. The van der Waals surface area contributed by atoms with Crippen molar-refractivity contribution in [3.8, 4) is 11.4 Å². The van der Waals surface area contributed by atoms with E-state index in [1.54, 1.807) is 0 Å². The normalized spacial score (nSPS) is 23.3. The van der Waals surface area contributed by atoms with Crippen LogP contribution in [-0.2, 0) is 11.3 Å². The number of tetrazole rings is 1. The lowest BCUT2D eigenvalue weighted by atomic mass is 9.78. The molecule has 1 saturated carbocycles. The summed E-state index contributed by atoms with van der Waals surface area (Å²) in [6.45, 7) is 1.04. The van der Waals surface area contributed by atoms with Crippen molar-refractivity contribution >= 4 is 21.8 Å². The SMILES string of the molecule is O=C(Cn1nnc(-c2ccc(Br)cc2)n1)N1CCCC2CCCCC21. The summed E-state index contributed by atoms with van der Waals surface area (Å²) in [6, 6.07) is 8.18. The lowest BCUT2D eigenvalue weighted by molar-refractivity contribution is -0.138. The maximum Gasteiger partial charge on any atom is 0.246 e. The molecule has 1 aliphatic carbocycles. The average Bonchev–Trinajstić information content (AvgIpc) is 3.10. The van der Waals surface area contributed by atoms with Crippen molar-refractivity contribution in [2.24, 2.45) is 5.92 Å². The molecule has 2 heterocycles. The number of fused-ring (bicyclic) bond motifs is 1. The largest absolute Gasteiger partial charge is 0.338 e. The van der Waals surface area contributed by atoms with Gasteiger partial charge in [0.2, 0.25) is 11.7 Å². The van der Waals surface area contributed by atoms with Gasteiger partial charge in [0.25, 0.3) is 0 Å². The minimum absolute atomic E-state index is 0.122. The number of hydrogen-bond donors (Lipinski definition) is 0. The number of carbonyl (C=O) groups is 1. The fourth-order valence-electron chi connectivity index (χ4n) is 4.17. The first-order valence-electron chi connectivity index (χ1n) is 9.04. The summed E-state index contributed by atoms with van der Waals surface area (Å²) in [6.07, 6.45) is 7.34. The van der Waals surface area contributed by atoms with Gasteiger partial charge in [-0.1, -0.05) is 28.8 Å². The summed E-state index contributed by atoms with van der Waals surface area (Å²) in [5.41, 5.74) is 0.896. The number of piperidine rings is 1. The van der Waals surface area contributed by atoms with E-state index >= 15 is 0 Å². The van der Waals surface area contributed by atoms with Gasteiger partial charge in [0.15, 0.2) is 0 Å². The van der Waals surface area contributed by atoms with Crippen molar-refractivity contribution in [1.29, 1.82) is 0 Å². The van der Waals surface area contributed by atoms with Crippen LogP contribution in [0.4, 0.5) is 0 Å². The van der Waals surface area contributed by atoms with Gasteiger partial charge in [-0.25, -0.2) is 0 Å². The van der Waals surface area contributed by atoms with E-state index in [9.17, 15) is 4.79 Å². The third-order valence-corrected chi connectivity index (χ3v) is 5.92. The molecule has 4 rings (SSSR count). The van der Waals surface area contributed by atoms with Crippen molar-refractivity contribution in [2.75, 3.05) is 6.54 Å². The minimum atomic E-state index is 0.122. The van der Waals surface area contributed by atoms with Crippen molar-refractivity contribution in [3.63, 3.8) is 0 Å². The molecule has 0 radical (unpaired) electrons. The number of nitrogens with zero attached hydrogens (tertiary/aromatic N) is 5. The summed E-state index contributed by atoms with van der Waals surface area (Å²) in [4.78, 5) is 16.3. The molecule has 6 nitrogen and oxygen atoms in total. The molecule has 2 unspecified atom stereocenters. The number of likely N-dealkylation sites (tertiary alicyclic amines) is 1. The highest BCUT2D eigenvalue weighted by atomic mass is 79.9. The van der Waals surface area contributed by atoms with E-state index in [0.29, 0.717) is 17.8 Å². The molecule has 2 aromatic rings. The highest BCUT2D eigenvalue weighted by Gasteiger charge is 2.35. The summed E-state index contributed by atoms with van der Waals surface area (Å²) in [5.74, 6) is 1.36. The van der Waals surface area contributed by atoms with Gasteiger partial charge in [-0.3, -0.25) is 4.79 Å². The number of amides is 1. The second-order valence-corrected chi connectivity index (χ2v) is 7.91. The smallest absolute Gasteiger partial charge is 0.246 e. The topological polar surface area (TPSA) is 63.9 Å². The maximum absolute atomic E-state index is 12.8. The highest BCUT2D eigenvalue weighted by Crippen LogP contribution is 2.35. The van der Waals surface area contributed by atoms with Crippen LogP contribution in [0.2, 0.25) is 0 Å². The van der Waals surface area contributed by atoms with Crippen LogP contribution in [0.5, 0.6) is 0 Å². The zero-order chi connectivity index (χ0) is 17.2. The number of carbonyl (C=O) groups excluding carboxylic acids is 1. The lowest BCUT2D eigenvalue weighted by Crippen LogP contribution is -2.50. The third kappa shape index (κ3) is 3.61. The predicted molar refractivity (Wildman–Crippen MR) is 97.6 cm³/mol. The molecule has 1 amide bonds. The Bertz CT molecular complexity index is 742. The Balaban J connectivity index is 1.45. The van der Waals surface area contributed by atoms with Crippen LogP contribution >= 0.6 is 15.9 Å². The number of rotatable bonds is 3. The second-order valence-electron chi connectivity index (χ2n) is 6.99. The van der Waals surface area contributed by atoms with Crippen LogP contribution in [-0.4, -0.2) is 43.6 Å². The number of hydrogen-bond acceptors (Lipinski definition) is 4. The minimum Gasteiger partial charge on any atom is -0.338 e. The van der Waals surface area contributed by atoms with Crippen LogP contribution in [0.15, 0.2) is 28.7 Å². The average molecular weight is 404 g/mol. The Hall–Kier alpha value is -1.76. The molecule has 0 spiro atoms. The van der Waals surface area contributed by atoms with Gasteiger partial charge in [-0.15, -0.1) is 10.2 Å². The van der Waals surface area contributed by atoms with E-state index in [1.807, 2.05) is 24.3 Å². The van der Waals surface area contributed by atoms with Crippen molar-refractivity contribution in [3.05, 3.63) is 28.7 Å². The molecule has 1 aromatic heterocycles. The standard InChI is InChI=1S/C18H22BrN5O/c19-15-9-7-14(8-10-15)18-20-22-24(21-18)12-17(25)23-11-3-5-13-4-1-2-6-16(13)23/h7-10,13,16H,1-6,11-12H2. The predicted octanol–water partition coefficient (Wildman–Crippen LogP) is 3.28. The van der Waals surface area contributed by atoms with Crippen LogP contribution in [0.3, 0.4) is 0 Å². The molecule has 2 atom stereocenters. The number of benzene rings is 1. The maximum atomic E-state index is 12.8. The van der Waals surface area contributed by atoms with Crippen molar-refractivity contribution < 1.29 is 4.79 Å². The first-order chi connectivity index (χ1) is 12.2. The van der Waals surface area contributed by atoms with E-state index in [4.69, 9.17) is 0 Å². The second kappa shape index (κ2) is 7.23. The number of aromatic nitrogens is 4. The van der Waals surface area contributed by atoms with E-state index < -0.39 is 0 Å². The molecule has 0 bridgehead atoms. The third-order valence-electron chi connectivity index (χ3n) is 5.40. The van der Waals surface area contributed by atoms with Gasteiger partial charge in [-0.05, 0) is 61.1 Å². The fraction of sp³-hybridized carbons (Fsp3) is 0.556. The van der Waals surface area contributed by atoms with E-state index in [0.717, 1.165) is 29.4 Å². The molecule has 2 fully saturated rings. The van der Waals surface area contributed by atoms with E-state index in [-0.39, 0.29) is 12.5 Å². The first-order valence-corrected chi connectivity index (χ1v) is 9.83. The van der Waals surface area contributed by atoms with Gasteiger partial charge in [-0.2, -0.15) is 4.80 Å². The van der Waals surface area contributed by atoms with Crippen LogP contribution < -0.4 is 0 Å². The Morgan fingerprint density at radius 3 is 2.72 bits per heavy atom. The van der Waals surface area contributed by atoms with Gasteiger partial charge in [0, 0.05) is 22.6 Å². The zero-order valence-corrected chi connectivity index (χ0v) is 15.7. The lowest BCUT2D eigenvalue weighted by Gasteiger charge is -2.44. The Kier molecular flexibility index (Phi) is 4.83. The van der Waals surface area contributed by atoms with Crippen LogP contribution in [0, 0.1) is 5.92 Å². The summed E-state index contributed by atoms with van der Waals surface area (Å²) in [5, 5.41) is 12.5. The molecule has 1 aromatic carbocycles. The van der Waals surface area contributed by atoms with E-state index in [2.05, 4.69) is 36.2 Å². The fourth-order valence-corrected chi connectivity index (χ4v) is 4.44. The van der Waals surface area contributed by atoms with Crippen molar-refractivity contribution in [2.45, 2.75) is 51.1 Å². The molecule has 1 saturated heterocycles. The van der Waals surface area contributed by atoms with Crippen LogP contribution in [0.25, 0.3) is 11.4 Å². The zero-order valence-electron chi connectivity index (χ0n) is 14.1. The Morgan fingerprint density at radius 2 is 1.88 bits per heavy atom. The van der Waals surface area contributed by atoms with E-state index in [1.165, 1.54) is 30.5 Å². The summed E-state index contributed by atoms with van der Waals surface area (Å²) >= 11 is 3.42. The van der Waals surface area contributed by atoms with Gasteiger partial charge in [0.05, 0.1) is 0 Å². The van der Waals surface area contributed by atoms with Crippen LogP contribution in [0.1, 0.15) is 38.5 Å². The molecule has 1 aliphatic heterocycles. The number of halogens is 1. The molecular formula is C18H22BrN5O. The molecule has 7 heteroatoms. The molecule has 0 N–H and O–H groups in total. The molecule has 25 heavy (non-hydrogen) atoms. The first kappa shape index (κ1) is 16.7. The van der Waals surface area contributed by atoms with Gasteiger partial charge in [0.1, 0.15) is 6.54 Å². The summed E-state index contributed by atoms with van der Waals surface area (Å²) < 4.78 is 1.01. The Morgan fingerprint density at radius 1 is 1.12 bits per heavy atom. The Labute approximate surface area is 155 Å². The van der Waals surface area contributed by atoms with Crippen molar-refractivity contribution in [1.82, 2.24) is 25.1 Å². The monoisotopic (exact) mass is 403 g/mol. The van der Waals surface area contributed by atoms with Gasteiger partial charge < -0.3 is 4.90 Å². The molecule has 132 valence electrons. The van der Waals surface area contributed by atoms with Gasteiger partial charge >= 0.3 is 0 Å². The molecule has 2 aliphatic rings.